The molecule has 0 saturated heterocycles. The van der Waals surface area contributed by atoms with Crippen LogP contribution in [0, 0.1) is 0 Å². The van der Waals surface area contributed by atoms with Crippen LogP contribution in [0.2, 0.25) is 0 Å². The highest BCUT2D eigenvalue weighted by atomic mass is 32.1. The first-order valence-corrected chi connectivity index (χ1v) is 11.2. The lowest BCUT2D eigenvalue weighted by Gasteiger charge is -2.20. The summed E-state index contributed by atoms with van der Waals surface area (Å²) in [5.41, 5.74) is 5.91. The van der Waals surface area contributed by atoms with Gasteiger partial charge in [0.15, 0.2) is 0 Å². The van der Waals surface area contributed by atoms with Gasteiger partial charge in [0.25, 0.3) is 0 Å². The van der Waals surface area contributed by atoms with Crippen molar-refractivity contribution in [2.24, 2.45) is 0 Å². The number of carbonyl (C=O) groups excluding carboxylic acids is 1. The Bertz CT molecular complexity index is 1100. The zero-order chi connectivity index (χ0) is 20.9. The number of para-hydroxylation sites is 1. The van der Waals surface area contributed by atoms with Gasteiger partial charge in [0.2, 0.25) is 5.91 Å². The van der Waals surface area contributed by atoms with E-state index in [1.165, 1.54) is 22.1 Å². The summed E-state index contributed by atoms with van der Waals surface area (Å²) in [7, 11) is 4.08. The Kier molecular flexibility index (Phi) is 6.19. The van der Waals surface area contributed by atoms with Crippen molar-refractivity contribution in [3.63, 3.8) is 0 Å². The van der Waals surface area contributed by atoms with Gasteiger partial charge < -0.3 is 15.2 Å². The standard InChI is InChI=1S/C25H27N3OS/c1-28(2)20-10-8-19(9-11-20)22(23-16-26-24-6-4-3-5-21(23)24)15-27-25(29)12-7-18-13-14-30-17-18/h3-6,8-11,13-14,16-17,22,26H,7,12,15H2,1-2H3,(H,27,29). The molecule has 5 heteroatoms. The van der Waals surface area contributed by atoms with Gasteiger partial charge in [0.1, 0.15) is 0 Å². The first-order valence-electron chi connectivity index (χ1n) is 10.2. The highest BCUT2D eigenvalue weighted by molar-refractivity contribution is 7.07. The summed E-state index contributed by atoms with van der Waals surface area (Å²) >= 11 is 1.67. The minimum atomic E-state index is 0.0856. The fraction of sp³-hybridized carbons (Fsp3) is 0.240. The summed E-state index contributed by atoms with van der Waals surface area (Å²) in [5.74, 6) is 0.179. The van der Waals surface area contributed by atoms with Gasteiger partial charge in [-0.05, 0) is 58.1 Å². The van der Waals surface area contributed by atoms with Crippen LogP contribution >= 0.6 is 11.3 Å². The van der Waals surface area contributed by atoms with E-state index >= 15 is 0 Å². The predicted octanol–water partition coefficient (Wildman–Crippen LogP) is 5.18. The zero-order valence-electron chi connectivity index (χ0n) is 17.4. The molecule has 1 unspecified atom stereocenters. The van der Waals surface area contributed by atoms with Crippen molar-refractivity contribution in [3.05, 3.63) is 88.2 Å². The van der Waals surface area contributed by atoms with Crippen LogP contribution in [0.4, 0.5) is 5.69 Å². The largest absolute Gasteiger partial charge is 0.378 e. The lowest BCUT2D eigenvalue weighted by Crippen LogP contribution is -2.29. The van der Waals surface area contributed by atoms with Crippen molar-refractivity contribution in [3.8, 4) is 0 Å². The Morgan fingerprint density at radius 2 is 1.90 bits per heavy atom. The number of anilines is 1. The Balaban J connectivity index is 1.55. The molecule has 154 valence electrons. The van der Waals surface area contributed by atoms with E-state index in [1.807, 2.05) is 20.2 Å². The Labute approximate surface area is 181 Å². The SMILES string of the molecule is CN(C)c1ccc(C(CNC(=O)CCc2ccsc2)c2c[nH]c3ccccc23)cc1. The third-order valence-electron chi connectivity index (χ3n) is 5.53. The van der Waals surface area contributed by atoms with Crippen LogP contribution in [0.15, 0.2) is 71.6 Å². The molecule has 1 amide bonds. The first-order chi connectivity index (χ1) is 14.6. The maximum atomic E-state index is 12.5. The summed E-state index contributed by atoms with van der Waals surface area (Å²) < 4.78 is 0. The van der Waals surface area contributed by atoms with Crippen LogP contribution in [-0.2, 0) is 11.2 Å². The average Bonchev–Trinajstić information content (AvgIpc) is 3.43. The molecule has 0 radical (unpaired) electrons. The number of aromatic amines is 1. The molecule has 0 bridgehead atoms. The van der Waals surface area contributed by atoms with Crippen molar-refractivity contribution < 1.29 is 4.79 Å². The molecule has 2 aromatic carbocycles. The van der Waals surface area contributed by atoms with Gasteiger partial charge in [-0.25, -0.2) is 0 Å². The second kappa shape index (κ2) is 9.18. The number of benzene rings is 2. The number of carbonyl (C=O) groups is 1. The third kappa shape index (κ3) is 4.57. The van der Waals surface area contributed by atoms with Gasteiger partial charge in [-0.15, -0.1) is 0 Å². The normalized spacial score (nSPS) is 12.1. The number of H-pyrrole nitrogens is 1. The highest BCUT2D eigenvalue weighted by Gasteiger charge is 2.19. The van der Waals surface area contributed by atoms with E-state index < -0.39 is 0 Å². The van der Waals surface area contributed by atoms with Crippen LogP contribution in [-0.4, -0.2) is 31.5 Å². The van der Waals surface area contributed by atoms with Gasteiger partial charge in [-0.1, -0.05) is 30.3 Å². The number of hydrogen-bond donors (Lipinski definition) is 2. The molecule has 0 spiro atoms. The number of fused-ring (bicyclic) bond motifs is 1. The molecular formula is C25H27N3OS. The molecule has 4 rings (SSSR count). The maximum absolute atomic E-state index is 12.5. The molecule has 1 atom stereocenters. The third-order valence-corrected chi connectivity index (χ3v) is 6.26. The molecule has 2 heterocycles. The van der Waals surface area contributed by atoms with Gasteiger partial charge in [-0.2, -0.15) is 11.3 Å². The number of amides is 1. The number of thiophene rings is 1. The van der Waals surface area contributed by atoms with Crippen molar-refractivity contribution in [1.29, 1.82) is 0 Å². The zero-order valence-corrected chi connectivity index (χ0v) is 18.2. The van der Waals surface area contributed by atoms with E-state index in [0.29, 0.717) is 13.0 Å². The molecular weight excluding hydrogens is 390 g/mol. The van der Waals surface area contributed by atoms with Gasteiger partial charge in [0.05, 0.1) is 0 Å². The van der Waals surface area contributed by atoms with Gasteiger partial charge in [-0.3, -0.25) is 4.79 Å². The lowest BCUT2D eigenvalue weighted by atomic mass is 9.90. The van der Waals surface area contributed by atoms with Crippen LogP contribution in [0.3, 0.4) is 0 Å². The van der Waals surface area contributed by atoms with Crippen LogP contribution in [0.25, 0.3) is 10.9 Å². The summed E-state index contributed by atoms with van der Waals surface area (Å²) in [5, 5.41) is 8.53. The molecule has 30 heavy (non-hydrogen) atoms. The Hall–Kier alpha value is -3.05. The molecule has 0 aliphatic rings. The highest BCUT2D eigenvalue weighted by Crippen LogP contribution is 2.31. The quantitative estimate of drug-likeness (QED) is 0.415. The molecule has 4 aromatic rings. The van der Waals surface area contributed by atoms with Crippen molar-refractivity contribution in [1.82, 2.24) is 10.3 Å². The molecule has 2 N–H and O–H groups in total. The number of nitrogens with one attached hydrogen (secondary N) is 2. The summed E-state index contributed by atoms with van der Waals surface area (Å²) in [6.07, 6.45) is 3.37. The van der Waals surface area contributed by atoms with Crippen molar-refractivity contribution in [2.45, 2.75) is 18.8 Å². The van der Waals surface area contributed by atoms with Crippen molar-refractivity contribution in [2.75, 3.05) is 25.5 Å². The number of hydrogen-bond acceptors (Lipinski definition) is 3. The second-order valence-corrected chi connectivity index (χ2v) is 8.54. The van der Waals surface area contributed by atoms with E-state index in [0.717, 1.165) is 17.6 Å². The number of aryl methyl sites for hydroxylation is 1. The fourth-order valence-electron chi connectivity index (χ4n) is 3.79. The van der Waals surface area contributed by atoms with Crippen molar-refractivity contribution >= 4 is 33.8 Å². The number of nitrogens with zero attached hydrogens (tertiary/aromatic N) is 1. The molecule has 2 aromatic heterocycles. The van der Waals surface area contributed by atoms with E-state index in [1.54, 1.807) is 11.3 Å². The van der Waals surface area contributed by atoms with E-state index in [2.05, 4.69) is 80.7 Å². The molecule has 0 saturated carbocycles. The van der Waals surface area contributed by atoms with Gasteiger partial charge >= 0.3 is 0 Å². The number of rotatable bonds is 8. The molecule has 0 aliphatic carbocycles. The summed E-state index contributed by atoms with van der Waals surface area (Å²) in [4.78, 5) is 18.0. The smallest absolute Gasteiger partial charge is 0.220 e. The van der Waals surface area contributed by atoms with E-state index in [4.69, 9.17) is 0 Å². The van der Waals surface area contributed by atoms with E-state index in [-0.39, 0.29) is 11.8 Å². The first kappa shape index (κ1) is 20.2. The Morgan fingerprint density at radius 3 is 2.63 bits per heavy atom. The van der Waals surface area contributed by atoms with Crippen LogP contribution < -0.4 is 10.2 Å². The second-order valence-electron chi connectivity index (χ2n) is 7.76. The minimum Gasteiger partial charge on any atom is -0.378 e. The molecule has 4 nitrogen and oxygen atoms in total. The topological polar surface area (TPSA) is 48.1 Å². The maximum Gasteiger partial charge on any atom is 0.220 e. The predicted molar refractivity (Wildman–Crippen MR) is 127 cm³/mol. The fourth-order valence-corrected chi connectivity index (χ4v) is 4.49. The summed E-state index contributed by atoms with van der Waals surface area (Å²) in [6.45, 7) is 0.575. The minimum absolute atomic E-state index is 0.0856. The van der Waals surface area contributed by atoms with E-state index in [9.17, 15) is 4.79 Å². The average molecular weight is 418 g/mol. The summed E-state index contributed by atoms with van der Waals surface area (Å²) in [6, 6.07) is 19.0. The van der Waals surface area contributed by atoms with Gasteiger partial charge in [0, 0.05) is 55.8 Å². The lowest BCUT2D eigenvalue weighted by molar-refractivity contribution is -0.121. The Morgan fingerprint density at radius 1 is 1.10 bits per heavy atom. The van der Waals surface area contributed by atoms with Crippen LogP contribution in [0.5, 0.6) is 0 Å². The monoisotopic (exact) mass is 417 g/mol. The number of aromatic nitrogens is 1. The molecule has 0 fully saturated rings. The molecule has 0 aliphatic heterocycles. The van der Waals surface area contributed by atoms with Crippen LogP contribution in [0.1, 0.15) is 29.0 Å².